The van der Waals surface area contributed by atoms with Crippen molar-refractivity contribution in [2.45, 2.75) is 13.3 Å². The number of anilines is 1. The van der Waals surface area contributed by atoms with Gasteiger partial charge in [0.1, 0.15) is 5.76 Å². The Labute approximate surface area is 161 Å². The van der Waals surface area contributed by atoms with Crippen molar-refractivity contribution in [1.82, 2.24) is 10.2 Å². The number of piperazine rings is 1. The highest BCUT2D eigenvalue weighted by molar-refractivity contribution is 5.80. The van der Waals surface area contributed by atoms with Crippen LogP contribution in [0.1, 0.15) is 11.3 Å². The molecule has 6 nitrogen and oxygen atoms in total. The number of methoxy groups -OCH3 is 1. The highest BCUT2D eigenvalue weighted by Gasteiger charge is 2.20. The largest absolute Gasteiger partial charge is 0.469 e. The number of rotatable bonds is 7. The second kappa shape index (κ2) is 10.0. The summed E-state index contributed by atoms with van der Waals surface area (Å²) in [5.41, 5.74) is 2.61. The minimum atomic E-state index is 0.632. The molecular formula is C21H30N4O2. The number of aryl methyl sites for hydroxylation is 1. The second-order valence-electron chi connectivity index (χ2n) is 6.77. The molecule has 3 rings (SSSR count). The van der Waals surface area contributed by atoms with Gasteiger partial charge in [-0.05, 0) is 36.8 Å². The van der Waals surface area contributed by atoms with E-state index in [2.05, 4.69) is 46.3 Å². The van der Waals surface area contributed by atoms with E-state index in [9.17, 15) is 0 Å². The molecule has 0 atom stereocenters. The molecule has 2 aromatic rings. The first-order valence-electron chi connectivity index (χ1n) is 9.62. The fourth-order valence-corrected chi connectivity index (χ4v) is 3.26. The summed E-state index contributed by atoms with van der Waals surface area (Å²) in [5.74, 6) is 1.95. The molecule has 1 aromatic carbocycles. The molecule has 6 heteroatoms. The van der Waals surface area contributed by atoms with Crippen LogP contribution in [0, 0.1) is 6.92 Å². The van der Waals surface area contributed by atoms with Gasteiger partial charge in [0, 0.05) is 51.9 Å². The Morgan fingerprint density at radius 2 is 2.04 bits per heavy atom. The Morgan fingerprint density at radius 1 is 1.19 bits per heavy atom. The zero-order valence-electron chi connectivity index (χ0n) is 16.4. The average molecular weight is 370 g/mol. The third-order valence-corrected chi connectivity index (χ3v) is 4.74. The maximum Gasteiger partial charge on any atom is 0.194 e. The van der Waals surface area contributed by atoms with Crippen LogP contribution in [0.15, 0.2) is 52.1 Å². The van der Waals surface area contributed by atoms with Crippen molar-refractivity contribution in [3.05, 3.63) is 54.0 Å². The number of hydrogen-bond acceptors (Lipinski definition) is 4. The van der Waals surface area contributed by atoms with E-state index in [1.54, 1.807) is 13.4 Å². The second-order valence-corrected chi connectivity index (χ2v) is 6.77. The van der Waals surface area contributed by atoms with Gasteiger partial charge in [-0.3, -0.25) is 4.99 Å². The lowest BCUT2D eigenvalue weighted by molar-refractivity contribution is 0.207. The van der Waals surface area contributed by atoms with Crippen LogP contribution < -0.4 is 10.2 Å². The van der Waals surface area contributed by atoms with Crippen LogP contribution in [0.5, 0.6) is 0 Å². The predicted octanol–water partition coefficient (Wildman–Crippen LogP) is 2.54. The van der Waals surface area contributed by atoms with Gasteiger partial charge < -0.3 is 24.3 Å². The van der Waals surface area contributed by atoms with Crippen molar-refractivity contribution in [3.63, 3.8) is 0 Å². The molecule has 146 valence electrons. The Morgan fingerprint density at radius 3 is 2.74 bits per heavy atom. The number of nitrogens with one attached hydrogen (secondary N) is 1. The Balaban J connectivity index is 1.55. The van der Waals surface area contributed by atoms with E-state index in [-0.39, 0.29) is 0 Å². The summed E-state index contributed by atoms with van der Waals surface area (Å²) in [5, 5.41) is 3.49. The molecule has 1 saturated heterocycles. The zero-order chi connectivity index (χ0) is 18.9. The third-order valence-electron chi connectivity index (χ3n) is 4.74. The first kappa shape index (κ1) is 19.3. The molecule has 0 unspecified atom stereocenters. The van der Waals surface area contributed by atoms with Crippen LogP contribution in [0.25, 0.3) is 0 Å². The number of hydrogen-bond donors (Lipinski definition) is 1. The monoisotopic (exact) mass is 370 g/mol. The first-order valence-corrected chi connectivity index (χ1v) is 9.62. The number of guanidine groups is 1. The standard InChI is InChI=1S/C21H30N4O2/c1-18-5-3-6-19(17-18)24-11-13-25(14-12-24)21(23-10-16-26-2)22-9-8-20-7-4-15-27-20/h3-7,15,17H,8-14,16H2,1-2H3,(H,22,23). The first-order chi connectivity index (χ1) is 13.3. The van der Waals surface area contributed by atoms with Gasteiger partial charge in [0.25, 0.3) is 0 Å². The van der Waals surface area contributed by atoms with Gasteiger partial charge in [-0.1, -0.05) is 12.1 Å². The Kier molecular flexibility index (Phi) is 7.16. The van der Waals surface area contributed by atoms with Gasteiger partial charge in [-0.2, -0.15) is 0 Å². The van der Waals surface area contributed by atoms with Gasteiger partial charge >= 0.3 is 0 Å². The van der Waals surface area contributed by atoms with Crippen molar-refractivity contribution < 1.29 is 9.15 Å². The van der Waals surface area contributed by atoms with Gasteiger partial charge in [0.2, 0.25) is 0 Å². The van der Waals surface area contributed by atoms with E-state index in [0.29, 0.717) is 13.2 Å². The SMILES string of the molecule is COCCN=C(NCCc1ccco1)N1CCN(c2cccc(C)c2)CC1. The van der Waals surface area contributed by atoms with E-state index in [4.69, 9.17) is 14.1 Å². The summed E-state index contributed by atoms with van der Waals surface area (Å²) in [6.07, 6.45) is 2.56. The van der Waals surface area contributed by atoms with Gasteiger partial charge in [-0.15, -0.1) is 0 Å². The molecule has 1 N–H and O–H groups in total. The average Bonchev–Trinajstić information content (AvgIpc) is 3.21. The summed E-state index contributed by atoms with van der Waals surface area (Å²) in [7, 11) is 1.71. The fraction of sp³-hybridized carbons (Fsp3) is 0.476. The smallest absolute Gasteiger partial charge is 0.194 e. The fourth-order valence-electron chi connectivity index (χ4n) is 3.26. The zero-order valence-corrected chi connectivity index (χ0v) is 16.4. The van der Waals surface area contributed by atoms with Crippen LogP contribution >= 0.6 is 0 Å². The molecule has 0 bridgehead atoms. The van der Waals surface area contributed by atoms with Crippen LogP contribution in [0.4, 0.5) is 5.69 Å². The summed E-state index contributed by atoms with van der Waals surface area (Å²) < 4.78 is 10.6. The molecule has 1 aliphatic rings. The Bertz CT molecular complexity index is 707. The molecule has 0 amide bonds. The number of benzene rings is 1. The molecule has 0 aliphatic carbocycles. The molecule has 0 saturated carbocycles. The minimum absolute atomic E-state index is 0.632. The molecule has 0 spiro atoms. The van der Waals surface area contributed by atoms with E-state index < -0.39 is 0 Å². The normalized spacial score (nSPS) is 15.3. The van der Waals surface area contributed by atoms with E-state index in [1.807, 2.05) is 12.1 Å². The maximum absolute atomic E-state index is 5.41. The summed E-state index contributed by atoms with van der Waals surface area (Å²) in [6, 6.07) is 12.6. The van der Waals surface area contributed by atoms with Gasteiger partial charge in [0.05, 0.1) is 19.4 Å². The van der Waals surface area contributed by atoms with Crippen molar-refractivity contribution in [2.24, 2.45) is 4.99 Å². The highest BCUT2D eigenvalue weighted by Crippen LogP contribution is 2.17. The van der Waals surface area contributed by atoms with Gasteiger partial charge in [0.15, 0.2) is 5.96 Å². The van der Waals surface area contributed by atoms with Crippen LogP contribution in [0.2, 0.25) is 0 Å². The molecule has 1 aliphatic heterocycles. The molecule has 27 heavy (non-hydrogen) atoms. The van der Waals surface area contributed by atoms with Crippen LogP contribution in [-0.4, -0.2) is 63.8 Å². The number of ether oxygens (including phenoxy) is 1. The summed E-state index contributed by atoms with van der Waals surface area (Å²) in [4.78, 5) is 9.51. The molecule has 0 radical (unpaired) electrons. The molecule has 1 aromatic heterocycles. The van der Waals surface area contributed by atoms with Crippen LogP contribution in [-0.2, 0) is 11.2 Å². The topological polar surface area (TPSA) is 53.2 Å². The Hall–Kier alpha value is -2.47. The van der Waals surface area contributed by atoms with Crippen molar-refractivity contribution in [2.75, 3.05) is 57.9 Å². The van der Waals surface area contributed by atoms with Crippen LogP contribution in [0.3, 0.4) is 0 Å². The minimum Gasteiger partial charge on any atom is -0.469 e. The summed E-state index contributed by atoms with van der Waals surface area (Å²) >= 11 is 0. The lowest BCUT2D eigenvalue weighted by Gasteiger charge is -2.38. The lowest BCUT2D eigenvalue weighted by Crippen LogP contribution is -2.53. The van der Waals surface area contributed by atoms with Crippen molar-refractivity contribution in [1.29, 1.82) is 0 Å². The van der Waals surface area contributed by atoms with E-state index in [0.717, 1.165) is 50.9 Å². The highest BCUT2D eigenvalue weighted by atomic mass is 16.5. The molecular weight excluding hydrogens is 340 g/mol. The third kappa shape index (κ3) is 5.76. The quantitative estimate of drug-likeness (QED) is 0.461. The number of aliphatic imine (C=N–C) groups is 1. The van der Waals surface area contributed by atoms with Crippen molar-refractivity contribution in [3.8, 4) is 0 Å². The van der Waals surface area contributed by atoms with E-state index in [1.165, 1.54) is 11.3 Å². The maximum atomic E-state index is 5.41. The predicted molar refractivity (Wildman–Crippen MR) is 110 cm³/mol. The van der Waals surface area contributed by atoms with Gasteiger partial charge in [-0.25, -0.2) is 0 Å². The molecule has 2 heterocycles. The number of furan rings is 1. The number of nitrogens with zero attached hydrogens (tertiary/aromatic N) is 3. The van der Waals surface area contributed by atoms with Crippen molar-refractivity contribution >= 4 is 11.6 Å². The lowest BCUT2D eigenvalue weighted by atomic mass is 10.2. The summed E-state index contributed by atoms with van der Waals surface area (Å²) in [6.45, 7) is 8.13. The molecule has 1 fully saturated rings. The van der Waals surface area contributed by atoms with E-state index >= 15 is 0 Å².